The number of benzene rings is 1. The smallest absolute Gasteiger partial charge is 0.124 e. The van der Waals surface area contributed by atoms with Gasteiger partial charge in [0.25, 0.3) is 0 Å². The molecule has 2 aliphatic rings. The molecule has 3 rings (SSSR count). The van der Waals surface area contributed by atoms with Gasteiger partial charge in [-0.05, 0) is 26.0 Å². The number of nitrogens with zero attached hydrogens (tertiary/aromatic N) is 1. The van der Waals surface area contributed by atoms with Crippen LogP contribution in [0.1, 0.15) is 24.4 Å². The Kier molecular flexibility index (Phi) is 4.24. The molecule has 0 aromatic heterocycles. The third-order valence-electron chi connectivity index (χ3n) is 4.64. The summed E-state index contributed by atoms with van der Waals surface area (Å²) in [5.41, 5.74) is 1.28. The van der Waals surface area contributed by atoms with Gasteiger partial charge >= 0.3 is 0 Å². The van der Waals surface area contributed by atoms with Gasteiger partial charge in [0.15, 0.2) is 0 Å². The molecule has 110 valence electrons. The number of likely N-dealkylation sites (tertiary alicyclic amines) is 1. The van der Waals surface area contributed by atoms with Crippen LogP contribution in [-0.4, -0.2) is 50.9 Å². The predicted molar refractivity (Wildman–Crippen MR) is 79.1 cm³/mol. The van der Waals surface area contributed by atoms with Crippen molar-refractivity contribution >= 4 is 0 Å². The molecule has 2 atom stereocenters. The molecule has 2 unspecified atom stereocenters. The van der Waals surface area contributed by atoms with E-state index in [1.165, 1.54) is 5.56 Å². The molecule has 0 amide bonds. The summed E-state index contributed by atoms with van der Waals surface area (Å²) in [4.78, 5) is 2.55. The maximum atomic E-state index is 5.96. The summed E-state index contributed by atoms with van der Waals surface area (Å²) >= 11 is 0. The molecule has 20 heavy (non-hydrogen) atoms. The van der Waals surface area contributed by atoms with E-state index in [9.17, 15) is 0 Å². The van der Waals surface area contributed by atoms with Crippen molar-refractivity contribution in [1.82, 2.24) is 10.2 Å². The molecule has 1 saturated heterocycles. The van der Waals surface area contributed by atoms with Crippen LogP contribution < -0.4 is 10.1 Å². The fourth-order valence-corrected chi connectivity index (χ4v) is 3.45. The number of methoxy groups -OCH3 is 1. The lowest BCUT2D eigenvalue weighted by Crippen LogP contribution is -2.52. The van der Waals surface area contributed by atoms with Gasteiger partial charge in [0.05, 0.1) is 18.2 Å². The van der Waals surface area contributed by atoms with Crippen LogP contribution in [0.25, 0.3) is 0 Å². The molecular weight excluding hydrogens is 252 g/mol. The average molecular weight is 276 g/mol. The third-order valence-corrected chi connectivity index (χ3v) is 4.64. The van der Waals surface area contributed by atoms with E-state index < -0.39 is 0 Å². The van der Waals surface area contributed by atoms with Crippen LogP contribution in [-0.2, 0) is 4.74 Å². The van der Waals surface area contributed by atoms with E-state index in [2.05, 4.69) is 28.4 Å². The lowest BCUT2D eigenvalue weighted by atomic mass is 9.93. The SMILES string of the molecule is CNC1c2ccccc2OCC1N1CCC(OC)CC1. The largest absolute Gasteiger partial charge is 0.492 e. The summed E-state index contributed by atoms with van der Waals surface area (Å²) in [5, 5.41) is 3.48. The minimum atomic E-state index is 0.346. The molecule has 1 aromatic carbocycles. The second-order valence-electron chi connectivity index (χ2n) is 5.65. The zero-order valence-electron chi connectivity index (χ0n) is 12.3. The highest BCUT2D eigenvalue weighted by molar-refractivity contribution is 5.38. The van der Waals surface area contributed by atoms with Gasteiger partial charge in [0.1, 0.15) is 12.4 Å². The molecule has 2 heterocycles. The van der Waals surface area contributed by atoms with Gasteiger partial charge in [-0.3, -0.25) is 4.90 Å². The van der Waals surface area contributed by atoms with Crippen LogP contribution in [0.3, 0.4) is 0 Å². The highest BCUT2D eigenvalue weighted by Gasteiger charge is 2.35. The van der Waals surface area contributed by atoms with Crippen molar-refractivity contribution in [2.75, 3.05) is 33.9 Å². The van der Waals surface area contributed by atoms with E-state index in [1.54, 1.807) is 0 Å². The van der Waals surface area contributed by atoms with Crippen molar-refractivity contribution in [3.8, 4) is 5.75 Å². The third kappa shape index (κ3) is 2.55. The molecule has 1 N–H and O–H groups in total. The maximum Gasteiger partial charge on any atom is 0.124 e. The number of ether oxygens (including phenoxy) is 2. The van der Waals surface area contributed by atoms with Crippen LogP contribution in [0, 0.1) is 0 Å². The number of hydrogen-bond acceptors (Lipinski definition) is 4. The normalized spacial score (nSPS) is 27.9. The number of nitrogens with one attached hydrogen (secondary N) is 1. The second-order valence-corrected chi connectivity index (χ2v) is 5.65. The van der Waals surface area contributed by atoms with Crippen molar-refractivity contribution in [2.24, 2.45) is 0 Å². The molecule has 4 nitrogen and oxygen atoms in total. The van der Waals surface area contributed by atoms with Crippen LogP contribution in [0.2, 0.25) is 0 Å². The van der Waals surface area contributed by atoms with Crippen molar-refractivity contribution in [1.29, 1.82) is 0 Å². The summed E-state index contributed by atoms with van der Waals surface area (Å²) in [7, 11) is 3.86. The van der Waals surface area contributed by atoms with E-state index in [0.29, 0.717) is 18.2 Å². The number of para-hydroxylation sites is 1. The maximum absolute atomic E-state index is 5.96. The quantitative estimate of drug-likeness (QED) is 0.913. The van der Waals surface area contributed by atoms with E-state index in [1.807, 2.05) is 20.2 Å². The Morgan fingerprint density at radius 3 is 2.70 bits per heavy atom. The van der Waals surface area contributed by atoms with Crippen molar-refractivity contribution in [3.05, 3.63) is 29.8 Å². The molecule has 1 aromatic rings. The van der Waals surface area contributed by atoms with Crippen molar-refractivity contribution in [2.45, 2.75) is 31.0 Å². The molecule has 2 aliphatic heterocycles. The number of hydrogen-bond donors (Lipinski definition) is 1. The van der Waals surface area contributed by atoms with Crippen molar-refractivity contribution in [3.63, 3.8) is 0 Å². The fourth-order valence-electron chi connectivity index (χ4n) is 3.45. The Balaban J connectivity index is 1.75. The first-order valence-corrected chi connectivity index (χ1v) is 7.49. The van der Waals surface area contributed by atoms with Gasteiger partial charge in [-0.2, -0.15) is 0 Å². The van der Waals surface area contributed by atoms with E-state index in [0.717, 1.165) is 38.3 Å². The molecule has 0 aliphatic carbocycles. The molecule has 0 spiro atoms. The molecule has 4 heteroatoms. The van der Waals surface area contributed by atoms with Gasteiger partial charge in [-0.25, -0.2) is 0 Å². The topological polar surface area (TPSA) is 33.7 Å². The van der Waals surface area contributed by atoms with Gasteiger partial charge in [0.2, 0.25) is 0 Å². The van der Waals surface area contributed by atoms with Crippen LogP contribution in [0.5, 0.6) is 5.75 Å². The standard InChI is InChI=1S/C16H24N2O2/c1-17-16-13-5-3-4-6-15(13)20-11-14(16)18-9-7-12(19-2)8-10-18/h3-6,12,14,16-17H,7-11H2,1-2H3. The average Bonchev–Trinajstić information content (AvgIpc) is 2.54. The van der Waals surface area contributed by atoms with Gasteiger partial charge in [-0.15, -0.1) is 0 Å². The first-order chi connectivity index (χ1) is 9.83. The number of fused-ring (bicyclic) bond motifs is 1. The molecular formula is C16H24N2O2. The number of rotatable bonds is 3. The zero-order valence-corrected chi connectivity index (χ0v) is 12.3. The predicted octanol–water partition coefficient (Wildman–Crippen LogP) is 1.82. The Morgan fingerprint density at radius 1 is 1.25 bits per heavy atom. The molecule has 0 saturated carbocycles. The Morgan fingerprint density at radius 2 is 2.00 bits per heavy atom. The summed E-state index contributed by atoms with van der Waals surface area (Å²) in [6, 6.07) is 9.12. The van der Waals surface area contributed by atoms with Crippen LogP contribution in [0.15, 0.2) is 24.3 Å². The molecule has 0 radical (unpaired) electrons. The number of likely N-dealkylation sites (N-methyl/N-ethyl adjacent to an activating group) is 1. The van der Waals surface area contributed by atoms with Gasteiger partial charge in [-0.1, -0.05) is 18.2 Å². The first kappa shape index (κ1) is 13.9. The van der Waals surface area contributed by atoms with Crippen LogP contribution >= 0.6 is 0 Å². The van der Waals surface area contributed by atoms with E-state index in [4.69, 9.17) is 9.47 Å². The van der Waals surface area contributed by atoms with Gasteiger partial charge in [0, 0.05) is 25.8 Å². The monoisotopic (exact) mass is 276 g/mol. The highest BCUT2D eigenvalue weighted by Crippen LogP contribution is 2.34. The fraction of sp³-hybridized carbons (Fsp3) is 0.625. The summed E-state index contributed by atoms with van der Waals surface area (Å²) in [6.45, 7) is 2.94. The summed E-state index contributed by atoms with van der Waals surface area (Å²) in [5.74, 6) is 1.02. The molecule has 1 fully saturated rings. The minimum Gasteiger partial charge on any atom is -0.492 e. The Hall–Kier alpha value is -1.10. The first-order valence-electron chi connectivity index (χ1n) is 7.49. The summed E-state index contributed by atoms with van der Waals surface area (Å²) in [6.07, 6.45) is 2.66. The van der Waals surface area contributed by atoms with Gasteiger partial charge < -0.3 is 14.8 Å². The van der Waals surface area contributed by atoms with Crippen LogP contribution in [0.4, 0.5) is 0 Å². The summed E-state index contributed by atoms with van der Waals surface area (Å²) < 4.78 is 11.4. The molecule has 0 bridgehead atoms. The minimum absolute atomic E-state index is 0.346. The van der Waals surface area contributed by atoms with E-state index >= 15 is 0 Å². The second kappa shape index (κ2) is 6.12. The van der Waals surface area contributed by atoms with Crippen molar-refractivity contribution < 1.29 is 9.47 Å². The Bertz CT molecular complexity index is 444. The lowest BCUT2D eigenvalue weighted by molar-refractivity contribution is 0.00587. The zero-order chi connectivity index (χ0) is 13.9. The van der Waals surface area contributed by atoms with E-state index in [-0.39, 0.29) is 0 Å². The number of piperidine rings is 1. The Labute approximate surface area is 121 Å². The lowest BCUT2D eigenvalue weighted by Gasteiger charge is -2.43. The highest BCUT2D eigenvalue weighted by atomic mass is 16.5.